The lowest BCUT2D eigenvalue weighted by Gasteiger charge is -2.54. The van der Waals surface area contributed by atoms with Gasteiger partial charge in [0, 0.05) is 32.4 Å². The van der Waals surface area contributed by atoms with Gasteiger partial charge in [-0.2, -0.15) is 0 Å². The zero-order chi connectivity index (χ0) is 42.1. The van der Waals surface area contributed by atoms with Crippen LogP contribution in [0.2, 0.25) is 0 Å². The van der Waals surface area contributed by atoms with Crippen LogP contribution < -0.4 is 10.2 Å². The highest BCUT2D eigenvalue weighted by Crippen LogP contribution is 2.48. The van der Waals surface area contributed by atoms with Gasteiger partial charge in [-0.05, 0) is 87.8 Å². The molecule has 0 aliphatic carbocycles. The number of aliphatic hydroxyl groups is 7. The van der Waals surface area contributed by atoms with E-state index in [9.17, 15) is 19.0 Å². The molecule has 3 aromatic carbocycles. The number of benzene rings is 3. The third-order valence-electron chi connectivity index (χ3n) is 7.60. The molecular weight excluding hydrogens is 698 g/mol. The first-order valence-electron chi connectivity index (χ1n) is 18.8. The van der Waals surface area contributed by atoms with Crippen molar-refractivity contribution >= 4 is 5.69 Å². The monoisotopic (exact) mass is 771 g/mol. The van der Waals surface area contributed by atoms with Crippen molar-refractivity contribution in [2.45, 2.75) is 111 Å². The van der Waals surface area contributed by atoms with Crippen LogP contribution in [0, 0.1) is 17.6 Å². The first-order valence-corrected chi connectivity index (χ1v) is 18.8. The zero-order valence-electron chi connectivity index (χ0n) is 34.2. The van der Waals surface area contributed by atoms with E-state index in [4.69, 9.17) is 25.5 Å². The summed E-state index contributed by atoms with van der Waals surface area (Å²) in [6.45, 7) is 14.2. The van der Waals surface area contributed by atoms with Crippen molar-refractivity contribution in [1.82, 2.24) is 5.32 Å². The lowest BCUT2D eigenvalue weighted by atomic mass is 9.77. The molecule has 1 saturated heterocycles. The van der Waals surface area contributed by atoms with Crippen LogP contribution in [0.25, 0.3) is 0 Å². The topological polar surface area (TPSA) is 166 Å². The summed E-state index contributed by atoms with van der Waals surface area (Å²) in [5.74, 6) is -0.744. The quantitative estimate of drug-likeness (QED) is 0.110. The highest BCUT2D eigenvalue weighted by atomic mass is 19.1. The van der Waals surface area contributed by atoms with E-state index in [0.717, 1.165) is 17.8 Å². The number of ether oxygens (including phenoxy) is 1. The van der Waals surface area contributed by atoms with E-state index < -0.39 is 37.3 Å². The average molecular weight is 771 g/mol. The van der Waals surface area contributed by atoms with Crippen LogP contribution in [0.1, 0.15) is 97.4 Å². The molecule has 1 heterocycles. The predicted octanol–water partition coefficient (Wildman–Crippen LogP) is 6.38. The Morgan fingerprint density at radius 3 is 1.56 bits per heavy atom. The summed E-state index contributed by atoms with van der Waals surface area (Å²) < 4.78 is 30.7. The van der Waals surface area contributed by atoms with Crippen LogP contribution >= 0.6 is 0 Å². The second kappa shape index (κ2) is 35.6. The van der Waals surface area contributed by atoms with Crippen molar-refractivity contribution in [3.8, 4) is 0 Å². The van der Waals surface area contributed by atoms with Crippen LogP contribution in [-0.4, -0.2) is 101 Å². The fourth-order valence-corrected chi connectivity index (χ4v) is 4.56. The predicted molar refractivity (Wildman–Crippen MR) is 216 cm³/mol. The molecule has 12 heteroatoms. The van der Waals surface area contributed by atoms with Crippen LogP contribution in [0.4, 0.5) is 14.5 Å². The summed E-state index contributed by atoms with van der Waals surface area (Å²) in [6, 6.07) is 21.7. The van der Waals surface area contributed by atoms with Gasteiger partial charge in [-0.25, -0.2) is 8.78 Å². The maximum atomic E-state index is 13.3. The van der Waals surface area contributed by atoms with Gasteiger partial charge in [-0.15, -0.1) is 0 Å². The minimum atomic E-state index is -1.25. The van der Waals surface area contributed by atoms with Crippen molar-refractivity contribution in [3.05, 3.63) is 102 Å². The van der Waals surface area contributed by atoms with Crippen LogP contribution in [0.5, 0.6) is 0 Å². The van der Waals surface area contributed by atoms with Gasteiger partial charge in [0.15, 0.2) is 0 Å². The Bertz CT molecular complexity index is 1200. The van der Waals surface area contributed by atoms with Gasteiger partial charge in [0.2, 0.25) is 0 Å². The number of halogens is 2. The Kier molecular flexibility index (Phi) is 36.5. The van der Waals surface area contributed by atoms with Crippen molar-refractivity contribution in [2.24, 2.45) is 5.92 Å². The van der Waals surface area contributed by atoms with E-state index in [2.05, 4.69) is 30.8 Å². The molecule has 0 radical (unpaired) electrons. The normalized spacial score (nSPS) is 17.3. The molecule has 54 heavy (non-hydrogen) atoms. The van der Waals surface area contributed by atoms with Gasteiger partial charge in [0.25, 0.3) is 0 Å². The number of nitrogens with zero attached hydrogens (tertiary/aromatic N) is 1. The molecule has 1 aliphatic heterocycles. The lowest BCUT2D eigenvalue weighted by molar-refractivity contribution is -0.0698. The molecule has 0 spiro atoms. The number of unbranched alkanes of at least 4 members (excludes halogenated alkanes) is 1. The summed E-state index contributed by atoms with van der Waals surface area (Å²) in [6.07, 6.45) is -1.28. The number of rotatable bonds is 11. The zero-order valence-corrected chi connectivity index (χ0v) is 34.2. The molecule has 312 valence electrons. The SMILES string of the molecule is CC.CC(O)C(O)C(O)CO.CCCC.CCNC.CCO.COC.OC(CCC1C(O)N(c2ccc(F)cc2)C1c1ccccc1)c1ccc(F)cc1. The summed E-state index contributed by atoms with van der Waals surface area (Å²) in [4.78, 5) is 1.88. The second-order valence-electron chi connectivity index (χ2n) is 11.9. The molecule has 7 atom stereocenters. The molecular formula is C42H72F2N2O8. The third-order valence-corrected chi connectivity index (χ3v) is 7.60. The van der Waals surface area contributed by atoms with E-state index in [-0.39, 0.29) is 30.2 Å². The second-order valence-corrected chi connectivity index (χ2v) is 11.9. The largest absolute Gasteiger partial charge is 0.397 e. The smallest absolute Gasteiger partial charge is 0.132 e. The summed E-state index contributed by atoms with van der Waals surface area (Å²) >= 11 is 0. The highest BCUT2D eigenvalue weighted by Gasteiger charge is 2.48. The third kappa shape index (κ3) is 23.0. The van der Waals surface area contributed by atoms with E-state index >= 15 is 0 Å². The number of anilines is 1. The van der Waals surface area contributed by atoms with Crippen molar-refractivity contribution in [1.29, 1.82) is 0 Å². The molecule has 3 aromatic rings. The molecule has 7 unspecified atom stereocenters. The van der Waals surface area contributed by atoms with E-state index in [1.807, 2.05) is 56.1 Å². The number of methoxy groups -OCH3 is 1. The Balaban J connectivity index is -0.000000854. The fourth-order valence-electron chi connectivity index (χ4n) is 4.56. The van der Waals surface area contributed by atoms with Crippen molar-refractivity contribution < 1.29 is 49.3 Å². The van der Waals surface area contributed by atoms with E-state index in [1.165, 1.54) is 44.0 Å². The molecule has 0 bridgehead atoms. The van der Waals surface area contributed by atoms with Crippen molar-refractivity contribution in [3.63, 3.8) is 0 Å². The van der Waals surface area contributed by atoms with Gasteiger partial charge in [-0.1, -0.05) is 89.9 Å². The molecule has 0 aromatic heterocycles. The van der Waals surface area contributed by atoms with Crippen LogP contribution in [0.15, 0.2) is 78.9 Å². The van der Waals surface area contributed by atoms with Gasteiger partial charge < -0.3 is 50.7 Å². The van der Waals surface area contributed by atoms with Gasteiger partial charge >= 0.3 is 0 Å². The Hall–Kier alpha value is -3.04. The molecule has 1 fully saturated rings. The van der Waals surface area contributed by atoms with Crippen LogP contribution in [0.3, 0.4) is 0 Å². The first kappa shape index (κ1) is 55.3. The number of hydrogen-bond acceptors (Lipinski definition) is 10. The van der Waals surface area contributed by atoms with Crippen LogP contribution in [-0.2, 0) is 4.74 Å². The fraction of sp³-hybridized carbons (Fsp3) is 0.571. The molecule has 4 rings (SSSR count). The minimum Gasteiger partial charge on any atom is -0.397 e. The molecule has 0 saturated carbocycles. The van der Waals surface area contributed by atoms with Gasteiger partial charge in [0.1, 0.15) is 30.1 Å². The number of hydrogen-bond donors (Lipinski definition) is 8. The lowest BCUT2D eigenvalue weighted by Crippen LogP contribution is -2.58. The minimum absolute atomic E-state index is 0.0721. The summed E-state index contributed by atoms with van der Waals surface area (Å²) in [5, 5.41) is 66.0. The molecule has 0 amide bonds. The number of aliphatic hydroxyl groups excluding tert-OH is 7. The van der Waals surface area contributed by atoms with E-state index in [0.29, 0.717) is 18.4 Å². The Morgan fingerprint density at radius 1 is 0.778 bits per heavy atom. The molecule has 10 nitrogen and oxygen atoms in total. The maximum absolute atomic E-state index is 13.3. The van der Waals surface area contributed by atoms with Crippen molar-refractivity contribution in [2.75, 3.05) is 45.9 Å². The van der Waals surface area contributed by atoms with Gasteiger partial charge in [-0.3, -0.25) is 0 Å². The first-order chi connectivity index (χ1) is 25.8. The summed E-state index contributed by atoms with van der Waals surface area (Å²) in [7, 11) is 5.18. The molecule has 8 N–H and O–H groups in total. The Labute approximate surface area is 324 Å². The van der Waals surface area contributed by atoms with Gasteiger partial charge in [0.05, 0.1) is 24.9 Å². The average Bonchev–Trinajstić information content (AvgIpc) is 3.19. The molecule has 1 aliphatic rings. The number of nitrogens with one attached hydrogen (secondary N) is 1. The van der Waals surface area contributed by atoms with E-state index in [1.54, 1.807) is 45.4 Å². The highest BCUT2D eigenvalue weighted by molar-refractivity contribution is 5.53. The summed E-state index contributed by atoms with van der Waals surface area (Å²) in [5.41, 5.74) is 2.47. The maximum Gasteiger partial charge on any atom is 0.132 e. The standard InChI is InChI=1S/C24H23F2NO2.C5H12O4.C4H10.C3H9N.2C2H6O.C2H6/c25-18-8-6-16(7-9-18)22(28)15-14-21-23(17-4-2-1-3-5-17)27(24(21)29)20-12-10-19(26)11-13-20;1-3(7)5(9)4(8)2-6;2*1-3-4-2;1-3-2;1-2-3;1-2/h1-13,21-24,28-29H,14-15H2;3-9H,2H2,1H3;3-4H2,1-2H3;4H,3H2,1-2H3;1-2H3;3H,2H2,1H3;1-2H3. The Morgan fingerprint density at radius 2 is 1.20 bits per heavy atom.